The standard InChI is InChI=1S/C12H21N3O/c1-9-3-4-12(16-2)10(5-9)7-15-8-11(14)6-13/h3-5,11,15H,6-8,13-14H2,1-2H3. The normalized spacial score (nSPS) is 12.5. The summed E-state index contributed by atoms with van der Waals surface area (Å²) in [5.41, 5.74) is 13.5. The van der Waals surface area contributed by atoms with Crippen molar-refractivity contribution in [2.45, 2.75) is 19.5 Å². The smallest absolute Gasteiger partial charge is 0.123 e. The quantitative estimate of drug-likeness (QED) is 0.652. The summed E-state index contributed by atoms with van der Waals surface area (Å²) in [7, 11) is 1.68. The molecule has 16 heavy (non-hydrogen) atoms. The molecule has 0 saturated heterocycles. The summed E-state index contributed by atoms with van der Waals surface area (Å²) < 4.78 is 5.29. The number of nitrogens with two attached hydrogens (primary N) is 2. The number of rotatable bonds is 6. The van der Waals surface area contributed by atoms with Crippen LogP contribution in [0.25, 0.3) is 0 Å². The zero-order valence-electron chi connectivity index (χ0n) is 9.99. The van der Waals surface area contributed by atoms with E-state index in [0.29, 0.717) is 13.1 Å². The highest BCUT2D eigenvalue weighted by atomic mass is 16.5. The van der Waals surface area contributed by atoms with E-state index in [1.165, 1.54) is 5.56 Å². The fourth-order valence-corrected chi connectivity index (χ4v) is 1.52. The van der Waals surface area contributed by atoms with Gasteiger partial charge in [0, 0.05) is 31.2 Å². The van der Waals surface area contributed by atoms with Crippen LogP contribution in [0.1, 0.15) is 11.1 Å². The minimum Gasteiger partial charge on any atom is -0.496 e. The van der Waals surface area contributed by atoms with E-state index in [4.69, 9.17) is 16.2 Å². The lowest BCUT2D eigenvalue weighted by Gasteiger charge is -2.13. The molecular weight excluding hydrogens is 202 g/mol. The van der Waals surface area contributed by atoms with E-state index >= 15 is 0 Å². The largest absolute Gasteiger partial charge is 0.496 e. The molecule has 0 fully saturated rings. The maximum atomic E-state index is 5.72. The summed E-state index contributed by atoms with van der Waals surface area (Å²) in [5.74, 6) is 0.902. The van der Waals surface area contributed by atoms with Crippen LogP contribution < -0.4 is 21.5 Å². The van der Waals surface area contributed by atoms with Gasteiger partial charge in [0.05, 0.1) is 7.11 Å². The topological polar surface area (TPSA) is 73.3 Å². The first-order valence-electron chi connectivity index (χ1n) is 5.47. The van der Waals surface area contributed by atoms with Crippen molar-refractivity contribution in [2.75, 3.05) is 20.2 Å². The number of ether oxygens (including phenoxy) is 1. The molecule has 0 aliphatic rings. The molecule has 0 radical (unpaired) electrons. The molecule has 0 saturated carbocycles. The van der Waals surface area contributed by atoms with E-state index in [2.05, 4.69) is 18.3 Å². The van der Waals surface area contributed by atoms with E-state index in [9.17, 15) is 0 Å². The first-order valence-corrected chi connectivity index (χ1v) is 5.47. The Hall–Kier alpha value is -1.10. The van der Waals surface area contributed by atoms with Gasteiger partial charge in [0.15, 0.2) is 0 Å². The van der Waals surface area contributed by atoms with Gasteiger partial charge in [0.1, 0.15) is 5.75 Å². The zero-order chi connectivity index (χ0) is 12.0. The summed E-state index contributed by atoms with van der Waals surface area (Å²) >= 11 is 0. The van der Waals surface area contributed by atoms with Crippen molar-refractivity contribution >= 4 is 0 Å². The monoisotopic (exact) mass is 223 g/mol. The number of hydrogen-bond acceptors (Lipinski definition) is 4. The Labute approximate surface area is 97.0 Å². The Morgan fingerprint density at radius 2 is 2.19 bits per heavy atom. The summed E-state index contributed by atoms with van der Waals surface area (Å²) in [6.45, 7) is 4.03. The Kier molecular flexibility index (Phi) is 5.25. The van der Waals surface area contributed by atoms with Crippen molar-refractivity contribution in [1.82, 2.24) is 5.32 Å². The van der Waals surface area contributed by atoms with Crippen LogP contribution >= 0.6 is 0 Å². The lowest BCUT2D eigenvalue weighted by molar-refractivity contribution is 0.407. The number of nitrogens with one attached hydrogen (secondary N) is 1. The van der Waals surface area contributed by atoms with Crippen molar-refractivity contribution in [2.24, 2.45) is 11.5 Å². The highest BCUT2D eigenvalue weighted by molar-refractivity contribution is 5.36. The van der Waals surface area contributed by atoms with Crippen LogP contribution in [0.2, 0.25) is 0 Å². The first kappa shape index (κ1) is 13.0. The summed E-state index contributed by atoms with van der Waals surface area (Å²) in [6.07, 6.45) is 0. The van der Waals surface area contributed by atoms with Gasteiger partial charge in [-0.15, -0.1) is 0 Å². The average molecular weight is 223 g/mol. The molecule has 1 aromatic carbocycles. The van der Waals surface area contributed by atoms with Crippen LogP contribution in [-0.2, 0) is 6.54 Å². The average Bonchev–Trinajstić information content (AvgIpc) is 2.29. The number of hydrogen-bond donors (Lipinski definition) is 3. The fraction of sp³-hybridized carbons (Fsp3) is 0.500. The maximum Gasteiger partial charge on any atom is 0.123 e. The number of aryl methyl sites for hydroxylation is 1. The number of benzene rings is 1. The van der Waals surface area contributed by atoms with Gasteiger partial charge in [0.25, 0.3) is 0 Å². The molecular formula is C12H21N3O. The third-order valence-electron chi connectivity index (χ3n) is 2.46. The summed E-state index contributed by atoms with van der Waals surface area (Å²) in [5, 5.41) is 3.27. The molecule has 4 heteroatoms. The first-order chi connectivity index (χ1) is 7.67. The van der Waals surface area contributed by atoms with Crippen molar-refractivity contribution < 1.29 is 4.74 Å². The van der Waals surface area contributed by atoms with Crippen LogP contribution in [0.5, 0.6) is 5.75 Å². The summed E-state index contributed by atoms with van der Waals surface area (Å²) in [4.78, 5) is 0. The Balaban J connectivity index is 2.55. The van der Waals surface area contributed by atoms with E-state index < -0.39 is 0 Å². The van der Waals surface area contributed by atoms with Gasteiger partial charge in [-0.3, -0.25) is 0 Å². The van der Waals surface area contributed by atoms with Gasteiger partial charge in [-0.1, -0.05) is 17.7 Å². The van der Waals surface area contributed by atoms with Crippen molar-refractivity contribution in [3.8, 4) is 5.75 Å². The minimum atomic E-state index is 0.0100. The molecule has 4 nitrogen and oxygen atoms in total. The zero-order valence-corrected chi connectivity index (χ0v) is 9.99. The highest BCUT2D eigenvalue weighted by Gasteiger charge is 2.04. The van der Waals surface area contributed by atoms with E-state index in [1.54, 1.807) is 7.11 Å². The number of methoxy groups -OCH3 is 1. The predicted octanol–water partition coefficient (Wildman–Crippen LogP) is 0.379. The van der Waals surface area contributed by atoms with Crippen LogP contribution in [0.15, 0.2) is 18.2 Å². The second kappa shape index (κ2) is 6.48. The second-order valence-corrected chi connectivity index (χ2v) is 3.94. The minimum absolute atomic E-state index is 0.0100. The van der Waals surface area contributed by atoms with E-state index in [1.807, 2.05) is 12.1 Å². The van der Waals surface area contributed by atoms with Gasteiger partial charge in [0.2, 0.25) is 0 Å². The Morgan fingerprint density at radius 3 is 2.81 bits per heavy atom. The second-order valence-electron chi connectivity index (χ2n) is 3.94. The van der Waals surface area contributed by atoms with Crippen molar-refractivity contribution in [1.29, 1.82) is 0 Å². The van der Waals surface area contributed by atoms with Gasteiger partial charge < -0.3 is 21.5 Å². The van der Waals surface area contributed by atoms with Gasteiger partial charge in [-0.05, 0) is 13.0 Å². The van der Waals surface area contributed by atoms with Crippen molar-refractivity contribution in [3.05, 3.63) is 29.3 Å². The lowest BCUT2D eigenvalue weighted by Crippen LogP contribution is -2.39. The van der Waals surface area contributed by atoms with Gasteiger partial charge in [-0.25, -0.2) is 0 Å². The molecule has 1 unspecified atom stereocenters. The van der Waals surface area contributed by atoms with Crippen molar-refractivity contribution in [3.63, 3.8) is 0 Å². The molecule has 90 valence electrons. The molecule has 0 bridgehead atoms. The SMILES string of the molecule is COc1ccc(C)cc1CNCC(N)CN. The fourth-order valence-electron chi connectivity index (χ4n) is 1.52. The molecule has 0 aromatic heterocycles. The molecule has 0 aliphatic carbocycles. The van der Waals surface area contributed by atoms with Crippen LogP contribution in [0, 0.1) is 6.92 Å². The van der Waals surface area contributed by atoms with E-state index in [-0.39, 0.29) is 6.04 Å². The molecule has 0 heterocycles. The van der Waals surface area contributed by atoms with Crippen LogP contribution in [0.3, 0.4) is 0 Å². The molecule has 0 spiro atoms. The molecule has 5 N–H and O–H groups in total. The maximum absolute atomic E-state index is 5.72. The third-order valence-corrected chi connectivity index (χ3v) is 2.46. The van der Waals surface area contributed by atoms with E-state index in [0.717, 1.165) is 17.9 Å². The Bertz CT molecular complexity index is 328. The third kappa shape index (κ3) is 3.81. The lowest BCUT2D eigenvalue weighted by atomic mass is 10.1. The highest BCUT2D eigenvalue weighted by Crippen LogP contribution is 2.19. The van der Waals surface area contributed by atoms with Gasteiger partial charge >= 0.3 is 0 Å². The molecule has 0 aliphatic heterocycles. The van der Waals surface area contributed by atoms with Crippen LogP contribution in [0.4, 0.5) is 0 Å². The van der Waals surface area contributed by atoms with Crippen LogP contribution in [-0.4, -0.2) is 26.2 Å². The Morgan fingerprint density at radius 1 is 1.44 bits per heavy atom. The molecule has 1 aromatic rings. The molecule has 1 atom stereocenters. The molecule has 0 amide bonds. The predicted molar refractivity (Wildman–Crippen MR) is 66.5 cm³/mol. The summed E-state index contributed by atoms with van der Waals surface area (Å²) in [6, 6.07) is 6.14. The molecule has 1 rings (SSSR count). The van der Waals surface area contributed by atoms with Gasteiger partial charge in [-0.2, -0.15) is 0 Å².